The van der Waals surface area contributed by atoms with Crippen molar-refractivity contribution < 1.29 is 33.7 Å². The standard InChI is InChI=1S/C23H22N8O6S2/c1-2-10-37-28-14(18-27-23(25)39-29-18)19(33)26-15-20(34)31-16(22(35)36)13(11-38-21(15)31)4-3-7-30-8-5-12(6-9-30)17(24)32/h2-6,8-9,15,21H,1,7,10-11H2,(H5-,24,25,26,27,29,32,33,35,36)/p+1/b4-3+,28-14+/t15?,21-/m1/s1. The summed E-state index contributed by atoms with van der Waals surface area (Å²) in [5, 5.41) is 15.7. The molecule has 0 spiro atoms. The van der Waals surface area contributed by atoms with E-state index in [1.165, 1.54) is 17.8 Å². The number of aromatic nitrogens is 3. The zero-order chi connectivity index (χ0) is 28.1. The number of nitrogens with two attached hydrogens (primary N) is 2. The summed E-state index contributed by atoms with van der Waals surface area (Å²) in [6.07, 6.45) is 8.15. The highest BCUT2D eigenvalue weighted by Gasteiger charge is 2.54. The lowest BCUT2D eigenvalue weighted by Gasteiger charge is -2.49. The molecule has 4 rings (SSSR count). The van der Waals surface area contributed by atoms with E-state index in [1.54, 1.807) is 41.2 Å². The van der Waals surface area contributed by atoms with E-state index in [1.807, 2.05) is 0 Å². The van der Waals surface area contributed by atoms with E-state index in [9.17, 15) is 24.3 Å². The normalized spacial score (nSPS) is 18.9. The van der Waals surface area contributed by atoms with E-state index < -0.39 is 35.1 Å². The molecule has 6 N–H and O–H groups in total. The number of anilines is 1. The third-order valence-electron chi connectivity index (χ3n) is 5.51. The van der Waals surface area contributed by atoms with Gasteiger partial charge in [-0.05, 0) is 11.6 Å². The number of allylic oxidation sites excluding steroid dienone is 2. The lowest BCUT2D eigenvalue weighted by atomic mass is 10.0. The van der Waals surface area contributed by atoms with Gasteiger partial charge in [-0.15, -0.1) is 11.8 Å². The zero-order valence-electron chi connectivity index (χ0n) is 20.2. The maximum atomic E-state index is 13.0. The Labute approximate surface area is 229 Å². The number of hydrogen-bond acceptors (Lipinski definition) is 11. The Morgan fingerprint density at radius 2 is 2.10 bits per heavy atom. The number of nitrogen functional groups attached to an aromatic ring is 1. The molecule has 2 aromatic rings. The molecule has 2 aromatic heterocycles. The third kappa shape index (κ3) is 5.96. The Hall–Kier alpha value is -4.57. The van der Waals surface area contributed by atoms with Crippen molar-refractivity contribution in [3.8, 4) is 0 Å². The Balaban J connectivity index is 1.47. The molecule has 2 aliphatic rings. The average Bonchev–Trinajstić information content (AvgIpc) is 3.35. The van der Waals surface area contributed by atoms with Gasteiger partial charge in [0.25, 0.3) is 11.8 Å². The van der Waals surface area contributed by atoms with Gasteiger partial charge in [-0.3, -0.25) is 19.3 Å². The van der Waals surface area contributed by atoms with Crippen molar-refractivity contribution in [2.24, 2.45) is 10.9 Å². The highest BCUT2D eigenvalue weighted by molar-refractivity contribution is 8.00. The van der Waals surface area contributed by atoms with Crippen LogP contribution in [0, 0.1) is 0 Å². The molecule has 0 aliphatic carbocycles. The van der Waals surface area contributed by atoms with Gasteiger partial charge in [0.05, 0.1) is 5.56 Å². The minimum atomic E-state index is -1.27. The third-order valence-corrected chi connectivity index (χ3v) is 7.36. The first-order chi connectivity index (χ1) is 18.7. The highest BCUT2D eigenvalue weighted by atomic mass is 32.2. The number of carboxylic acids is 1. The topological polar surface area (TPSA) is 207 Å². The number of amides is 3. The summed E-state index contributed by atoms with van der Waals surface area (Å²) in [5.41, 5.74) is 11.2. The van der Waals surface area contributed by atoms with Gasteiger partial charge >= 0.3 is 5.97 Å². The molecule has 0 saturated carbocycles. The van der Waals surface area contributed by atoms with E-state index in [2.05, 4.69) is 26.4 Å². The number of β-lactam (4-membered cyclic amide) rings is 1. The second-order valence-electron chi connectivity index (χ2n) is 8.07. The molecule has 2 atom stereocenters. The van der Waals surface area contributed by atoms with E-state index >= 15 is 0 Å². The largest absolute Gasteiger partial charge is 0.477 e. The molecule has 39 heavy (non-hydrogen) atoms. The summed E-state index contributed by atoms with van der Waals surface area (Å²) in [6, 6.07) is 2.16. The number of primary amides is 1. The van der Waals surface area contributed by atoms with Crippen LogP contribution in [-0.2, 0) is 25.8 Å². The van der Waals surface area contributed by atoms with Gasteiger partial charge in [-0.2, -0.15) is 9.36 Å². The summed E-state index contributed by atoms with van der Waals surface area (Å²) < 4.78 is 5.74. The number of oxime groups is 1. The number of thioether (sulfide) groups is 1. The number of hydrogen-bond donors (Lipinski definition) is 4. The van der Waals surface area contributed by atoms with Gasteiger partial charge in [0.1, 0.15) is 23.7 Å². The molecule has 0 aromatic carbocycles. The summed E-state index contributed by atoms with van der Waals surface area (Å²) in [5.74, 6) is -2.94. The molecule has 1 unspecified atom stereocenters. The van der Waals surface area contributed by atoms with Gasteiger partial charge in [0, 0.05) is 29.4 Å². The second kappa shape index (κ2) is 11.9. The van der Waals surface area contributed by atoms with Crippen LogP contribution in [0.5, 0.6) is 0 Å². The maximum Gasteiger partial charge on any atom is 0.352 e. The van der Waals surface area contributed by atoms with Crippen LogP contribution in [0.3, 0.4) is 0 Å². The lowest BCUT2D eigenvalue weighted by molar-refractivity contribution is -0.687. The van der Waals surface area contributed by atoms with Gasteiger partial charge < -0.3 is 26.7 Å². The van der Waals surface area contributed by atoms with Gasteiger partial charge in [0.2, 0.25) is 17.4 Å². The first kappa shape index (κ1) is 27.5. The quantitative estimate of drug-likeness (QED) is 0.0673. The number of nitrogens with zero attached hydrogens (tertiary/aromatic N) is 5. The molecule has 3 amide bonds. The fraction of sp³-hybridized carbons (Fsp3) is 0.217. The van der Waals surface area contributed by atoms with E-state index in [4.69, 9.17) is 16.3 Å². The molecule has 14 nitrogen and oxygen atoms in total. The molecule has 1 fully saturated rings. The van der Waals surface area contributed by atoms with Crippen LogP contribution in [0.4, 0.5) is 5.13 Å². The number of fused-ring (bicyclic) bond motifs is 1. The second-order valence-corrected chi connectivity index (χ2v) is 9.96. The van der Waals surface area contributed by atoms with Crippen LogP contribution < -0.4 is 21.4 Å². The summed E-state index contributed by atoms with van der Waals surface area (Å²) in [6.45, 7) is 3.91. The first-order valence-electron chi connectivity index (χ1n) is 11.3. The van der Waals surface area contributed by atoms with Gasteiger partial charge in [0.15, 0.2) is 24.1 Å². The number of carbonyl (C=O) groups excluding carboxylic acids is 3. The molecular formula is C23H23N8O6S2+. The Bertz CT molecular complexity index is 1420. The fourth-order valence-electron chi connectivity index (χ4n) is 3.71. The number of pyridine rings is 1. The van der Waals surface area contributed by atoms with Crippen molar-refractivity contribution in [1.29, 1.82) is 0 Å². The molecule has 16 heteroatoms. The molecule has 0 bridgehead atoms. The van der Waals surface area contributed by atoms with Crippen molar-refractivity contribution in [2.75, 3.05) is 18.1 Å². The lowest BCUT2D eigenvalue weighted by Crippen LogP contribution is -2.71. The molecule has 4 heterocycles. The van der Waals surface area contributed by atoms with E-state index in [-0.39, 0.29) is 34.7 Å². The van der Waals surface area contributed by atoms with E-state index in [0.29, 0.717) is 17.7 Å². The number of carboxylic acid groups (broad SMARTS) is 1. The SMILES string of the molecule is C=CCO/N=C(/C(=O)NC1C(=O)N2C(C(=O)O)=C(/C=C/C[n+]3ccc(C(N)=O)cc3)CS[C@H]12)c1nsc(N)n1. The molecule has 1 saturated heterocycles. The minimum Gasteiger partial charge on any atom is -0.477 e. The monoisotopic (exact) mass is 571 g/mol. The van der Waals surface area contributed by atoms with Crippen LogP contribution in [0.25, 0.3) is 0 Å². The Morgan fingerprint density at radius 3 is 2.72 bits per heavy atom. The number of aliphatic carboxylic acids is 1. The summed E-state index contributed by atoms with van der Waals surface area (Å²) in [7, 11) is 0. The smallest absolute Gasteiger partial charge is 0.352 e. The highest BCUT2D eigenvalue weighted by Crippen LogP contribution is 2.40. The van der Waals surface area contributed by atoms with Crippen LogP contribution in [0.1, 0.15) is 16.2 Å². The fourth-order valence-corrected chi connectivity index (χ4v) is 5.46. The van der Waals surface area contributed by atoms with Gasteiger partial charge in [-0.25, -0.2) is 9.36 Å². The predicted molar refractivity (Wildman–Crippen MR) is 141 cm³/mol. The van der Waals surface area contributed by atoms with Crippen molar-refractivity contribution in [3.05, 3.63) is 72.0 Å². The van der Waals surface area contributed by atoms with Crippen molar-refractivity contribution >= 4 is 57.8 Å². The van der Waals surface area contributed by atoms with Crippen molar-refractivity contribution in [3.63, 3.8) is 0 Å². The van der Waals surface area contributed by atoms with Crippen LogP contribution in [0.15, 0.2) is 65.8 Å². The predicted octanol–water partition coefficient (Wildman–Crippen LogP) is -0.592. The van der Waals surface area contributed by atoms with Crippen molar-refractivity contribution in [1.82, 2.24) is 19.6 Å². The molecule has 0 radical (unpaired) electrons. The summed E-state index contributed by atoms with van der Waals surface area (Å²) in [4.78, 5) is 59.4. The first-order valence-corrected chi connectivity index (χ1v) is 13.1. The maximum absolute atomic E-state index is 13.0. The number of nitrogens with one attached hydrogen (secondary N) is 1. The Kier molecular flexibility index (Phi) is 8.36. The van der Waals surface area contributed by atoms with Gasteiger partial charge in [-0.1, -0.05) is 23.9 Å². The van der Waals surface area contributed by atoms with Crippen LogP contribution in [0.2, 0.25) is 0 Å². The zero-order valence-corrected chi connectivity index (χ0v) is 21.9. The molecule has 2 aliphatic heterocycles. The molecule has 202 valence electrons. The van der Waals surface area contributed by atoms with Crippen LogP contribution in [-0.4, -0.2) is 72.5 Å². The molecular weight excluding hydrogens is 548 g/mol. The summed E-state index contributed by atoms with van der Waals surface area (Å²) >= 11 is 2.17. The Morgan fingerprint density at radius 1 is 1.36 bits per heavy atom. The number of carbonyl (C=O) groups is 4. The van der Waals surface area contributed by atoms with E-state index in [0.717, 1.165) is 16.4 Å². The van der Waals surface area contributed by atoms with Crippen LogP contribution >= 0.6 is 23.3 Å². The van der Waals surface area contributed by atoms with Crippen molar-refractivity contribution in [2.45, 2.75) is 18.0 Å². The minimum absolute atomic E-state index is 0.0191. The number of rotatable bonds is 11. The average molecular weight is 572 g/mol.